The molecule has 0 bridgehead atoms. The standard InChI is InChI=1S/2C17H26O3.C6H14O2/c2*1-16(2,3)12-9-11(7-8-14(18)19)15(20)13(10-12)17(4,5)6;7-5-3-1-2-4-6-8/h2*9-10,20H,7-8H2,1-6H3,(H,18,19);7-8H,1-6H2. The van der Waals surface area contributed by atoms with E-state index in [4.69, 9.17) is 20.4 Å². The number of phenols is 2. The van der Waals surface area contributed by atoms with Gasteiger partial charge in [0, 0.05) is 26.1 Å². The minimum Gasteiger partial charge on any atom is -0.507 e. The van der Waals surface area contributed by atoms with Crippen LogP contribution in [0.1, 0.15) is 155 Å². The number of aliphatic hydroxyl groups is 2. The van der Waals surface area contributed by atoms with Gasteiger partial charge in [-0.3, -0.25) is 9.59 Å². The van der Waals surface area contributed by atoms with Crippen LogP contribution in [0.5, 0.6) is 11.5 Å². The van der Waals surface area contributed by atoms with E-state index in [1.54, 1.807) is 0 Å². The van der Waals surface area contributed by atoms with E-state index < -0.39 is 11.9 Å². The number of aliphatic hydroxyl groups excluding tert-OH is 2. The quantitative estimate of drug-likeness (QED) is 0.130. The van der Waals surface area contributed by atoms with Gasteiger partial charge in [-0.05, 0) is 80.7 Å². The summed E-state index contributed by atoms with van der Waals surface area (Å²) in [5, 5.41) is 55.2. The molecule has 2 aromatic rings. The van der Waals surface area contributed by atoms with E-state index >= 15 is 0 Å². The van der Waals surface area contributed by atoms with E-state index in [9.17, 15) is 19.8 Å². The lowest BCUT2D eigenvalue weighted by Crippen LogP contribution is -2.17. The lowest BCUT2D eigenvalue weighted by molar-refractivity contribution is -0.138. The van der Waals surface area contributed by atoms with Crippen LogP contribution in [0.25, 0.3) is 0 Å². The van der Waals surface area contributed by atoms with Gasteiger partial charge in [-0.25, -0.2) is 0 Å². The molecule has 0 saturated heterocycles. The zero-order chi connectivity index (χ0) is 37.7. The van der Waals surface area contributed by atoms with Crippen molar-refractivity contribution < 1.29 is 40.2 Å². The van der Waals surface area contributed by atoms with Crippen molar-refractivity contribution in [1.29, 1.82) is 0 Å². The molecule has 0 aromatic heterocycles. The second-order valence-electron chi connectivity index (χ2n) is 16.7. The fraction of sp³-hybridized carbons (Fsp3) is 0.650. The minimum atomic E-state index is -0.845. The van der Waals surface area contributed by atoms with Crippen LogP contribution < -0.4 is 0 Å². The number of phenolic OH excluding ortho intramolecular Hbond substituents is 2. The van der Waals surface area contributed by atoms with Gasteiger partial charge in [-0.2, -0.15) is 0 Å². The van der Waals surface area contributed by atoms with E-state index in [0.29, 0.717) is 12.8 Å². The van der Waals surface area contributed by atoms with Gasteiger partial charge in [0.15, 0.2) is 0 Å². The smallest absolute Gasteiger partial charge is 0.303 e. The molecule has 8 heteroatoms. The fourth-order valence-electron chi connectivity index (χ4n) is 4.84. The number of rotatable bonds is 11. The number of aryl methyl sites for hydroxylation is 2. The summed E-state index contributed by atoms with van der Waals surface area (Å²) in [6.07, 6.45) is 4.60. The molecule has 0 aliphatic carbocycles. The average molecular weight is 675 g/mol. The Morgan fingerprint density at radius 1 is 0.500 bits per heavy atom. The highest BCUT2D eigenvalue weighted by molar-refractivity contribution is 5.68. The third-order valence-electron chi connectivity index (χ3n) is 8.01. The third kappa shape index (κ3) is 16.3. The predicted molar refractivity (Wildman–Crippen MR) is 196 cm³/mol. The SMILES string of the molecule is CC(C)(C)c1cc(CCC(=O)O)c(O)c(C(C)(C)C)c1.CC(C)(C)c1cc(CCC(=O)O)c(O)c(C(C)(C)C)c1.OCCCCCCO. The molecule has 0 aliphatic rings. The Bertz CT molecular complexity index is 1200. The first-order valence-electron chi connectivity index (χ1n) is 17.2. The summed E-state index contributed by atoms with van der Waals surface area (Å²) in [6.45, 7) is 25.6. The van der Waals surface area contributed by atoms with Crippen LogP contribution in [-0.4, -0.2) is 55.8 Å². The highest BCUT2D eigenvalue weighted by Gasteiger charge is 2.26. The first-order valence-corrected chi connectivity index (χ1v) is 17.2. The van der Waals surface area contributed by atoms with Crippen LogP contribution in [0.15, 0.2) is 24.3 Å². The Kier molecular flexibility index (Phi) is 17.9. The van der Waals surface area contributed by atoms with Crippen LogP contribution in [0.3, 0.4) is 0 Å². The second-order valence-corrected chi connectivity index (χ2v) is 16.7. The van der Waals surface area contributed by atoms with E-state index in [-0.39, 0.29) is 59.2 Å². The molecule has 0 spiro atoms. The Morgan fingerprint density at radius 2 is 0.792 bits per heavy atom. The van der Waals surface area contributed by atoms with Gasteiger partial charge in [0.2, 0.25) is 0 Å². The summed E-state index contributed by atoms with van der Waals surface area (Å²) in [6, 6.07) is 7.96. The molecule has 0 heterocycles. The van der Waals surface area contributed by atoms with Crippen LogP contribution in [0.2, 0.25) is 0 Å². The summed E-state index contributed by atoms with van der Waals surface area (Å²) in [5.74, 6) is -1.20. The summed E-state index contributed by atoms with van der Waals surface area (Å²) in [5.41, 5.74) is 5.04. The summed E-state index contributed by atoms with van der Waals surface area (Å²) >= 11 is 0. The van der Waals surface area contributed by atoms with Crippen molar-refractivity contribution in [3.05, 3.63) is 57.6 Å². The number of carboxylic acids is 2. The lowest BCUT2D eigenvalue weighted by Gasteiger charge is -2.27. The van der Waals surface area contributed by atoms with Crippen molar-refractivity contribution in [1.82, 2.24) is 0 Å². The van der Waals surface area contributed by atoms with E-state index in [0.717, 1.165) is 59.1 Å². The number of hydrogen-bond donors (Lipinski definition) is 6. The molecule has 0 radical (unpaired) electrons. The Morgan fingerprint density at radius 3 is 1.00 bits per heavy atom. The summed E-state index contributed by atoms with van der Waals surface area (Å²) in [7, 11) is 0. The molecule has 0 fully saturated rings. The second kappa shape index (κ2) is 19.2. The fourth-order valence-corrected chi connectivity index (χ4v) is 4.84. The molecule has 0 atom stereocenters. The molecule has 0 aliphatic heterocycles. The Balaban J connectivity index is 0.000000754. The highest BCUT2D eigenvalue weighted by Crippen LogP contribution is 2.39. The molecule has 48 heavy (non-hydrogen) atoms. The average Bonchev–Trinajstić information content (AvgIpc) is 2.92. The summed E-state index contributed by atoms with van der Waals surface area (Å²) in [4.78, 5) is 21.5. The molecule has 274 valence electrons. The first-order chi connectivity index (χ1) is 21.8. The highest BCUT2D eigenvalue weighted by atomic mass is 16.4. The maximum absolute atomic E-state index is 10.8. The maximum Gasteiger partial charge on any atom is 0.303 e. The van der Waals surface area contributed by atoms with Gasteiger partial charge in [-0.15, -0.1) is 0 Å². The molecule has 0 unspecified atom stereocenters. The van der Waals surface area contributed by atoms with Crippen molar-refractivity contribution in [2.24, 2.45) is 0 Å². The van der Waals surface area contributed by atoms with Gasteiger partial charge in [-0.1, -0.05) is 120 Å². The normalized spacial score (nSPS) is 12.0. The van der Waals surface area contributed by atoms with Gasteiger partial charge in [0.05, 0.1) is 0 Å². The van der Waals surface area contributed by atoms with Crippen molar-refractivity contribution in [3.63, 3.8) is 0 Å². The number of aliphatic carboxylic acids is 2. The topological polar surface area (TPSA) is 156 Å². The van der Waals surface area contributed by atoms with Crippen LogP contribution in [0.4, 0.5) is 0 Å². The maximum atomic E-state index is 10.8. The number of carbonyl (C=O) groups is 2. The number of aromatic hydroxyl groups is 2. The van der Waals surface area contributed by atoms with Gasteiger partial charge in [0.1, 0.15) is 11.5 Å². The summed E-state index contributed by atoms with van der Waals surface area (Å²) < 4.78 is 0. The molecule has 0 amide bonds. The predicted octanol–water partition coefficient (Wildman–Crippen LogP) is 8.54. The van der Waals surface area contributed by atoms with Crippen molar-refractivity contribution in [3.8, 4) is 11.5 Å². The zero-order valence-corrected chi connectivity index (χ0v) is 31.9. The van der Waals surface area contributed by atoms with Crippen molar-refractivity contribution in [2.45, 2.75) is 156 Å². The van der Waals surface area contributed by atoms with Gasteiger partial charge >= 0.3 is 11.9 Å². The minimum absolute atomic E-state index is 0.0325. The lowest BCUT2D eigenvalue weighted by atomic mass is 9.78. The first kappa shape index (κ1) is 44.9. The van der Waals surface area contributed by atoms with Gasteiger partial charge < -0.3 is 30.6 Å². The molecule has 2 rings (SSSR count). The molecular weight excluding hydrogens is 608 g/mol. The number of hydrogen-bond acceptors (Lipinski definition) is 6. The van der Waals surface area contributed by atoms with Crippen LogP contribution >= 0.6 is 0 Å². The number of carboxylic acid groups (broad SMARTS) is 2. The molecule has 6 N–H and O–H groups in total. The van der Waals surface area contributed by atoms with Gasteiger partial charge in [0.25, 0.3) is 0 Å². The monoisotopic (exact) mass is 674 g/mol. The molecule has 8 nitrogen and oxygen atoms in total. The van der Waals surface area contributed by atoms with Crippen LogP contribution in [0, 0.1) is 0 Å². The largest absolute Gasteiger partial charge is 0.507 e. The molecule has 0 saturated carbocycles. The van der Waals surface area contributed by atoms with E-state index in [2.05, 4.69) is 83.1 Å². The van der Waals surface area contributed by atoms with Crippen molar-refractivity contribution in [2.75, 3.05) is 13.2 Å². The third-order valence-corrected chi connectivity index (χ3v) is 8.01. The Hall–Kier alpha value is -3.10. The molecular formula is C40H66O8. The van der Waals surface area contributed by atoms with E-state index in [1.165, 1.54) is 0 Å². The van der Waals surface area contributed by atoms with Crippen molar-refractivity contribution >= 4 is 11.9 Å². The van der Waals surface area contributed by atoms with Crippen LogP contribution in [-0.2, 0) is 44.1 Å². The molecule has 2 aromatic carbocycles. The number of benzene rings is 2. The van der Waals surface area contributed by atoms with E-state index in [1.807, 2.05) is 24.3 Å². The Labute approximate surface area is 290 Å². The number of unbranched alkanes of at least 4 members (excludes halogenated alkanes) is 3. The zero-order valence-electron chi connectivity index (χ0n) is 31.9.